The van der Waals surface area contributed by atoms with E-state index in [1.54, 1.807) is 6.07 Å². The second kappa shape index (κ2) is 4.66. The van der Waals surface area contributed by atoms with Gasteiger partial charge >= 0.3 is 0 Å². The number of nitrogens with one attached hydrogen (secondary N) is 1. The number of H-pyrrole nitrogens is 1. The Morgan fingerprint density at radius 1 is 1.37 bits per heavy atom. The molecule has 0 aliphatic carbocycles. The van der Waals surface area contributed by atoms with Crippen LogP contribution in [0, 0.1) is 5.92 Å². The van der Waals surface area contributed by atoms with Crippen LogP contribution in [0.2, 0.25) is 0 Å². The number of nitrogens with zero attached hydrogens (tertiary/aromatic N) is 2. The van der Waals surface area contributed by atoms with Crippen LogP contribution in [-0.2, 0) is 6.42 Å². The third-order valence-electron chi connectivity index (χ3n) is 2.88. The van der Waals surface area contributed by atoms with Crippen molar-refractivity contribution < 1.29 is 0 Å². The number of aromatic nitrogens is 3. The highest BCUT2D eigenvalue weighted by Crippen LogP contribution is 2.23. The first kappa shape index (κ1) is 12.2. The number of thiazole rings is 1. The average molecular weight is 273 g/mol. The Hall–Kier alpha value is -1.88. The van der Waals surface area contributed by atoms with Crippen molar-refractivity contribution in [3.05, 3.63) is 46.4 Å². The normalized spacial score (nSPS) is 11.5. The van der Waals surface area contributed by atoms with E-state index in [-0.39, 0.29) is 5.56 Å². The lowest BCUT2D eigenvalue weighted by Crippen LogP contribution is -2.12. The Morgan fingerprint density at radius 2 is 2.16 bits per heavy atom. The molecule has 98 valence electrons. The smallest absolute Gasteiger partial charge is 0.273 e. The Bertz CT molecular complexity index is 733. The zero-order valence-corrected chi connectivity index (χ0v) is 11.7. The molecule has 0 aliphatic rings. The number of hydrogen-bond donors (Lipinski definition) is 1. The molecule has 0 bridgehead atoms. The van der Waals surface area contributed by atoms with Gasteiger partial charge < -0.3 is 0 Å². The zero-order chi connectivity index (χ0) is 13.4. The molecule has 4 nitrogen and oxygen atoms in total. The van der Waals surface area contributed by atoms with E-state index in [0.717, 1.165) is 22.3 Å². The highest BCUT2D eigenvalue weighted by molar-refractivity contribution is 7.20. The van der Waals surface area contributed by atoms with Crippen molar-refractivity contribution in [3.8, 4) is 5.13 Å². The molecule has 0 saturated carbocycles. The van der Waals surface area contributed by atoms with Gasteiger partial charge in [0.2, 0.25) is 5.13 Å². The molecule has 0 atom stereocenters. The van der Waals surface area contributed by atoms with Crippen LogP contribution < -0.4 is 5.56 Å². The fraction of sp³-hybridized carbons (Fsp3) is 0.286. The number of benzene rings is 1. The summed E-state index contributed by atoms with van der Waals surface area (Å²) in [4.78, 5) is 16.5. The third-order valence-corrected chi connectivity index (χ3v) is 3.90. The molecule has 5 heteroatoms. The molecule has 19 heavy (non-hydrogen) atoms. The van der Waals surface area contributed by atoms with Crippen molar-refractivity contribution in [2.75, 3.05) is 0 Å². The highest BCUT2D eigenvalue weighted by atomic mass is 32.1. The number of rotatable bonds is 3. The Kier molecular flexibility index (Phi) is 2.98. The summed E-state index contributed by atoms with van der Waals surface area (Å²) in [6, 6.07) is 9.56. The van der Waals surface area contributed by atoms with Crippen molar-refractivity contribution in [2.24, 2.45) is 5.92 Å². The van der Waals surface area contributed by atoms with Crippen molar-refractivity contribution in [3.63, 3.8) is 0 Å². The van der Waals surface area contributed by atoms with E-state index in [0.29, 0.717) is 11.0 Å². The van der Waals surface area contributed by atoms with Crippen molar-refractivity contribution in [1.29, 1.82) is 0 Å². The molecular formula is C14H15N3OS. The van der Waals surface area contributed by atoms with Crippen LogP contribution in [0.3, 0.4) is 0 Å². The first-order valence-corrected chi connectivity index (χ1v) is 7.12. The summed E-state index contributed by atoms with van der Waals surface area (Å²) >= 11 is 1.52. The van der Waals surface area contributed by atoms with E-state index >= 15 is 0 Å². The molecule has 0 radical (unpaired) electrons. The van der Waals surface area contributed by atoms with Crippen LogP contribution in [0.25, 0.3) is 15.3 Å². The minimum atomic E-state index is -0.0466. The summed E-state index contributed by atoms with van der Waals surface area (Å²) in [6.07, 6.45) is 0.868. The van der Waals surface area contributed by atoms with Crippen LogP contribution >= 0.6 is 11.3 Å². The molecule has 0 unspecified atom stereocenters. The molecule has 0 aliphatic heterocycles. The van der Waals surface area contributed by atoms with Crippen LogP contribution in [0.15, 0.2) is 35.1 Å². The second-order valence-corrected chi connectivity index (χ2v) is 6.03. The quantitative estimate of drug-likeness (QED) is 0.797. The van der Waals surface area contributed by atoms with Gasteiger partial charge in [0.05, 0.1) is 10.2 Å². The molecule has 2 aromatic heterocycles. The summed E-state index contributed by atoms with van der Waals surface area (Å²) in [6.45, 7) is 4.26. The Labute approximate surface area is 114 Å². The van der Waals surface area contributed by atoms with Crippen molar-refractivity contribution in [2.45, 2.75) is 20.3 Å². The van der Waals surface area contributed by atoms with Crippen LogP contribution in [0.5, 0.6) is 0 Å². The first-order chi connectivity index (χ1) is 9.13. The summed E-state index contributed by atoms with van der Waals surface area (Å²) in [5.41, 5.74) is 1.84. The van der Waals surface area contributed by atoms with Gasteiger partial charge in [-0.25, -0.2) is 4.98 Å². The monoisotopic (exact) mass is 273 g/mol. The van der Waals surface area contributed by atoms with Gasteiger partial charge in [0.1, 0.15) is 0 Å². The lowest BCUT2D eigenvalue weighted by atomic mass is 10.1. The summed E-state index contributed by atoms with van der Waals surface area (Å²) < 4.78 is 2.62. The van der Waals surface area contributed by atoms with Gasteiger partial charge in [0.25, 0.3) is 5.56 Å². The molecule has 0 amide bonds. The maximum Gasteiger partial charge on any atom is 0.273 e. The summed E-state index contributed by atoms with van der Waals surface area (Å²) in [5, 5.41) is 3.84. The molecular weight excluding hydrogens is 258 g/mol. The van der Waals surface area contributed by atoms with Gasteiger partial charge in [-0.05, 0) is 24.5 Å². The second-order valence-electron chi connectivity index (χ2n) is 5.02. The maximum atomic E-state index is 12.0. The van der Waals surface area contributed by atoms with E-state index < -0.39 is 0 Å². The van der Waals surface area contributed by atoms with Crippen molar-refractivity contribution in [1.82, 2.24) is 14.8 Å². The number of aromatic amines is 1. The van der Waals surface area contributed by atoms with Gasteiger partial charge in [0, 0.05) is 11.8 Å². The van der Waals surface area contributed by atoms with Crippen LogP contribution in [-0.4, -0.2) is 14.8 Å². The molecule has 0 fully saturated rings. The van der Waals surface area contributed by atoms with E-state index in [9.17, 15) is 4.79 Å². The van der Waals surface area contributed by atoms with Gasteiger partial charge in [-0.2, -0.15) is 4.68 Å². The molecule has 0 saturated heterocycles. The lowest BCUT2D eigenvalue weighted by molar-refractivity contribution is 0.627. The first-order valence-electron chi connectivity index (χ1n) is 6.30. The van der Waals surface area contributed by atoms with E-state index in [4.69, 9.17) is 0 Å². The molecule has 2 heterocycles. The minimum absolute atomic E-state index is 0.0466. The molecule has 3 rings (SSSR count). The zero-order valence-electron chi connectivity index (χ0n) is 10.9. The van der Waals surface area contributed by atoms with Gasteiger partial charge in [-0.3, -0.25) is 9.89 Å². The Balaban J connectivity index is 2.06. The molecule has 1 aromatic carbocycles. The predicted octanol–water partition coefficient (Wildman–Crippen LogP) is 2.97. The maximum absolute atomic E-state index is 12.0. The Morgan fingerprint density at radius 3 is 2.89 bits per heavy atom. The number of para-hydroxylation sites is 1. The largest absolute Gasteiger partial charge is 0.293 e. The van der Waals surface area contributed by atoms with Gasteiger partial charge in [-0.15, -0.1) is 0 Å². The van der Waals surface area contributed by atoms with Crippen LogP contribution in [0.1, 0.15) is 19.5 Å². The fourth-order valence-electron chi connectivity index (χ4n) is 2.09. The molecule has 3 aromatic rings. The topological polar surface area (TPSA) is 50.7 Å². The standard InChI is InChI=1S/C14H15N3OS/c1-9(2)7-10-8-13(18)17(16-10)14-15-11-5-3-4-6-12(11)19-14/h3-6,8-9,16H,7H2,1-2H3. The average Bonchev–Trinajstić information content (AvgIpc) is 2.91. The van der Waals surface area contributed by atoms with Crippen molar-refractivity contribution >= 4 is 21.6 Å². The summed E-state index contributed by atoms with van der Waals surface area (Å²) in [7, 11) is 0. The SMILES string of the molecule is CC(C)Cc1cc(=O)n(-c2nc3ccccc3s2)[nH]1. The van der Waals surface area contributed by atoms with E-state index in [1.807, 2.05) is 24.3 Å². The van der Waals surface area contributed by atoms with Gasteiger partial charge in [0.15, 0.2) is 0 Å². The molecule has 1 N–H and O–H groups in total. The summed E-state index contributed by atoms with van der Waals surface area (Å²) in [5.74, 6) is 0.516. The number of fused-ring (bicyclic) bond motifs is 1. The fourth-order valence-corrected chi connectivity index (χ4v) is 3.02. The van der Waals surface area contributed by atoms with E-state index in [2.05, 4.69) is 23.9 Å². The predicted molar refractivity (Wildman–Crippen MR) is 78.1 cm³/mol. The number of hydrogen-bond acceptors (Lipinski definition) is 3. The molecule has 0 spiro atoms. The minimum Gasteiger partial charge on any atom is -0.293 e. The third kappa shape index (κ3) is 2.33. The van der Waals surface area contributed by atoms with Gasteiger partial charge in [-0.1, -0.05) is 37.3 Å². The lowest BCUT2D eigenvalue weighted by Gasteiger charge is -2.00. The highest BCUT2D eigenvalue weighted by Gasteiger charge is 2.10. The van der Waals surface area contributed by atoms with E-state index in [1.165, 1.54) is 16.0 Å². The van der Waals surface area contributed by atoms with Crippen LogP contribution in [0.4, 0.5) is 0 Å².